The van der Waals surface area contributed by atoms with Crippen molar-refractivity contribution in [3.8, 4) is 0 Å². The van der Waals surface area contributed by atoms with Crippen LogP contribution in [-0.4, -0.2) is 11.7 Å². The zero-order valence-electron chi connectivity index (χ0n) is 14.0. The molecule has 132 valence electrons. The maximum Gasteiger partial charge on any atom is 0.225 e. The van der Waals surface area contributed by atoms with Crippen molar-refractivity contribution < 1.29 is 18.4 Å². The second-order valence-electron chi connectivity index (χ2n) is 6.83. The highest BCUT2D eigenvalue weighted by molar-refractivity contribution is 6.02. The average Bonchev–Trinajstić information content (AvgIpc) is 2.62. The number of carbonyl (C=O) groups is 2. The molecule has 26 heavy (non-hydrogen) atoms. The largest absolute Gasteiger partial charge is 0.329 e. The maximum absolute atomic E-state index is 13.2. The number of allylic oxidation sites excluding steroid dienone is 2. The summed E-state index contributed by atoms with van der Waals surface area (Å²) in [4.78, 5) is 25.1. The van der Waals surface area contributed by atoms with Gasteiger partial charge in [-0.15, -0.1) is 0 Å². The van der Waals surface area contributed by atoms with Gasteiger partial charge in [-0.25, -0.2) is 8.78 Å². The highest BCUT2D eigenvalue weighted by Crippen LogP contribution is 2.42. The van der Waals surface area contributed by atoms with Crippen molar-refractivity contribution in [1.29, 1.82) is 0 Å². The fourth-order valence-electron chi connectivity index (χ4n) is 3.91. The van der Waals surface area contributed by atoms with Crippen LogP contribution in [0.25, 0.3) is 0 Å². The van der Waals surface area contributed by atoms with Crippen molar-refractivity contribution in [3.05, 3.63) is 82.6 Å². The molecular weight excluding hydrogens is 336 g/mol. The van der Waals surface area contributed by atoms with Crippen molar-refractivity contribution in [2.45, 2.75) is 31.1 Å². The predicted octanol–water partition coefficient (Wildman–Crippen LogP) is 3.97. The minimum absolute atomic E-state index is 0.0186. The third-order valence-corrected chi connectivity index (χ3v) is 5.15. The second kappa shape index (κ2) is 6.48. The first-order valence-electron chi connectivity index (χ1n) is 8.58. The molecule has 5 heteroatoms. The van der Waals surface area contributed by atoms with Crippen LogP contribution in [0.1, 0.15) is 42.2 Å². The molecule has 0 spiro atoms. The van der Waals surface area contributed by atoms with E-state index in [-0.39, 0.29) is 41.6 Å². The van der Waals surface area contributed by atoms with E-state index in [4.69, 9.17) is 0 Å². The van der Waals surface area contributed by atoms with Gasteiger partial charge in [-0.2, -0.15) is 0 Å². The predicted molar refractivity (Wildman–Crippen MR) is 92.3 cm³/mol. The summed E-state index contributed by atoms with van der Waals surface area (Å²) in [5.74, 6) is -1.27. The second-order valence-corrected chi connectivity index (χ2v) is 6.83. The maximum atomic E-state index is 13.2. The number of nitrogens with one attached hydrogen (secondary N) is 1. The molecule has 0 radical (unpaired) electrons. The number of hydrogen-bond donors (Lipinski definition) is 1. The molecule has 2 aromatic rings. The summed E-state index contributed by atoms with van der Waals surface area (Å²) >= 11 is 0. The normalized spacial score (nSPS) is 22.8. The van der Waals surface area contributed by atoms with Crippen LogP contribution in [0.15, 0.2) is 59.8 Å². The van der Waals surface area contributed by atoms with Crippen LogP contribution in [-0.2, 0) is 9.59 Å². The standard InChI is InChI=1S/C21H17F2NO2/c22-15-5-1-12(2-6-15)14-9-18-21(19(25)10-14)17(11-20(26)24-18)13-3-7-16(23)8-4-13/h1-8,14,17H,9-11H2,(H,24,26). The van der Waals surface area contributed by atoms with Crippen LogP contribution in [0, 0.1) is 11.6 Å². The fraction of sp³-hybridized carbons (Fsp3) is 0.238. The molecule has 0 saturated heterocycles. The van der Waals surface area contributed by atoms with Crippen molar-refractivity contribution >= 4 is 11.7 Å². The lowest BCUT2D eigenvalue weighted by Crippen LogP contribution is -2.38. The first-order chi connectivity index (χ1) is 12.5. The fourth-order valence-corrected chi connectivity index (χ4v) is 3.91. The zero-order valence-corrected chi connectivity index (χ0v) is 14.0. The summed E-state index contributed by atoms with van der Waals surface area (Å²) in [6.07, 6.45) is 1.02. The molecule has 1 aliphatic carbocycles. The zero-order chi connectivity index (χ0) is 18.3. The van der Waals surface area contributed by atoms with E-state index in [1.165, 1.54) is 24.3 Å². The summed E-state index contributed by atoms with van der Waals surface area (Å²) in [7, 11) is 0. The smallest absolute Gasteiger partial charge is 0.225 e. The number of ketones is 1. The van der Waals surface area contributed by atoms with E-state index in [1.807, 2.05) is 0 Å². The van der Waals surface area contributed by atoms with Gasteiger partial charge in [0.25, 0.3) is 0 Å². The highest BCUT2D eigenvalue weighted by atomic mass is 19.1. The van der Waals surface area contributed by atoms with Gasteiger partial charge in [-0.1, -0.05) is 24.3 Å². The summed E-state index contributed by atoms with van der Waals surface area (Å²) in [5.41, 5.74) is 2.91. The molecule has 1 N–H and O–H groups in total. The molecule has 1 aliphatic heterocycles. The van der Waals surface area contributed by atoms with E-state index in [1.54, 1.807) is 24.3 Å². The minimum Gasteiger partial charge on any atom is -0.329 e. The van der Waals surface area contributed by atoms with Crippen LogP contribution in [0.2, 0.25) is 0 Å². The Morgan fingerprint density at radius 1 is 0.769 bits per heavy atom. The molecule has 4 rings (SSSR count). The van der Waals surface area contributed by atoms with E-state index in [2.05, 4.69) is 5.32 Å². The molecule has 2 aliphatic rings. The van der Waals surface area contributed by atoms with Crippen LogP contribution >= 0.6 is 0 Å². The molecule has 1 heterocycles. The van der Waals surface area contributed by atoms with E-state index in [0.29, 0.717) is 24.1 Å². The van der Waals surface area contributed by atoms with Gasteiger partial charge >= 0.3 is 0 Å². The minimum atomic E-state index is -0.352. The summed E-state index contributed by atoms with van der Waals surface area (Å²) in [6.45, 7) is 0. The molecule has 0 fully saturated rings. The first kappa shape index (κ1) is 16.6. The van der Waals surface area contributed by atoms with Gasteiger partial charge in [-0.3, -0.25) is 9.59 Å². The topological polar surface area (TPSA) is 46.2 Å². The van der Waals surface area contributed by atoms with Crippen molar-refractivity contribution in [1.82, 2.24) is 5.32 Å². The molecule has 0 aromatic heterocycles. The molecule has 1 amide bonds. The van der Waals surface area contributed by atoms with Crippen molar-refractivity contribution in [2.24, 2.45) is 0 Å². The Bertz CT molecular complexity index is 901. The first-order valence-corrected chi connectivity index (χ1v) is 8.58. The van der Waals surface area contributed by atoms with E-state index < -0.39 is 0 Å². The van der Waals surface area contributed by atoms with Crippen molar-refractivity contribution in [2.75, 3.05) is 0 Å². The van der Waals surface area contributed by atoms with Crippen LogP contribution in [0.5, 0.6) is 0 Å². The van der Waals surface area contributed by atoms with E-state index >= 15 is 0 Å². The van der Waals surface area contributed by atoms with Gasteiger partial charge in [0.2, 0.25) is 5.91 Å². The van der Waals surface area contributed by atoms with Crippen LogP contribution in [0.3, 0.4) is 0 Å². The Kier molecular flexibility index (Phi) is 4.15. The molecule has 2 unspecified atom stereocenters. The van der Waals surface area contributed by atoms with Crippen LogP contribution in [0.4, 0.5) is 8.78 Å². The third-order valence-electron chi connectivity index (χ3n) is 5.15. The third kappa shape index (κ3) is 3.05. The number of amides is 1. The number of carbonyl (C=O) groups excluding carboxylic acids is 2. The molecule has 2 aromatic carbocycles. The van der Waals surface area contributed by atoms with Gasteiger partial charge < -0.3 is 5.32 Å². The number of Topliss-reactive ketones (excluding diaryl/α,β-unsaturated/α-hetero) is 1. The lowest BCUT2D eigenvalue weighted by molar-refractivity contribution is -0.122. The molecule has 0 bridgehead atoms. The van der Waals surface area contributed by atoms with E-state index in [9.17, 15) is 18.4 Å². The molecule has 3 nitrogen and oxygen atoms in total. The van der Waals surface area contributed by atoms with Gasteiger partial charge in [0.15, 0.2) is 5.78 Å². The SMILES string of the molecule is O=C1CC(c2ccc(F)cc2)C2=C(CC(c3ccc(F)cc3)CC2=O)N1. The Labute approximate surface area is 149 Å². The van der Waals surface area contributed by atoms with Gasteiger partial charge in [0.05, 0.1) is 0 Å². The Balaban J connectivity index is 1.70. The summed E-state index contributed by atoms with van der Waals surface area (Å²) in [6, 6.07) is 12.1. The lowest BCUT2D eigenvalue weighted by Gasteiger charge is -2.34. The number of hydrogen-bond acceptors (Lipinski definition) is 2. The summed E-state index contributed by atoms with van der Waals surface area (Å²) in [5, 5.41) is 2.84. The molecular formula is C21H17F2NO2. The number of benzene rings is 2. The Morgan fingerprint density at radius 3 is 1.96 bits per heavy atom. The quantitative estimate of drug-likeness (QED) is 0.888. The van der Waals surface area contributed by atoms with Gasteiger partial charge in [-0.05, 0) is 47.7 Å². The monoisotopic (exact) mass is 353 g/mol. The van der Waals surface area contributed by atoms with E-state index in [0.717, 1.165) is 11.1 Å². The van der Waals surface area contributed by atoms with Gasteiger partial charge in [0, 0.05) is 30.0 Å². The average molecular weight is 353 g/mol. The van der Waals surface area contributed by atoms with Crippen LogP contribution < -0.4 is 5.32 Å². The summed E-state index contributed by atoms with van der Waals surface area (Å²) < 4.78 is 26.4. The number of halogens is 2. The highest BCUT2D eigenvalue weighted by Gasteiger charge is 2.38. The Hall–Kier alpha value is -2.82. The number of rotatable bonds is 2. The molecule has 0 saturated carbocycles. The van der Waals surface area contributed by atoms with Gasteiger partial charge in [0.1, 0.15) is 11.6 Å². The molecule has 2 atom stereocenters. The van der Waals surface area contributed by atoms with Crippen molar-refractivity contribution in [3.63, 3.8) is 0 Å². The lowest BCUT2D eigenvalue weighted by atomic mass is 9.73. The Morgan fingerprint density at radius 2 is 1.35 bits per heavy atom.